The minimum atomic E-state index is -4.99. The zero-order chi connectivity index (χ0) is 14.5. The van der Waals surface area contributed by atoms with Crippen molar-refractivity contribution in [1.29, 1.82) is 0 Å². The maximum absolute atomic E-state index is 12.2. The van der Waals surface area contributed by atoms with Crippen molar-refractivity contribution in [2.75, 3.05) is 5.88 Å². The van der Waals surface area contributed by atoms with Crippen LogP contribution in [0.2, 0.25) is 0 Å². The largest absolute Gasteiger partial charge is 0.471 e. The predicted octanol–water partition coefficient (Wildman–Crippen LogP) is 1.88. The van der Waals surface area contributed by atoms with E-state index in [9.17, 15) is 23.1 Å². The van der Waals surface area contributed by atoms with Gasteiger partial charge in [0.15, 0.2) is 0 Å². The van der Waals surface area contributed by atoms with Gasteiger partial charge in [-0.05, 0) is 12.0 Å². The van der Waals surface area contributed by atoms with Crippen molar-refractivity contribution in [3.63, 3.8) is 0 Å². The molecule has 0 bridgehead atoms. The highest BCUT2D eigenvalue weighted by molar-refractivity contribution is 6.18. The first-order valence-electron chi connectivity index (χ1n) is 5.50. The SMILES string of the molecule is O=C(N[C@@H](Cc1ccccc1)[C@@H](O)CCl)C(F)(F)F. The Hall–Kier alpha value is -1.27. The number of benzene rings is 1. The summed E-state index contributed by atoms with van der Waals surface area (Å²) in [5, 5.41) is 11.3. The van der Waals surface area contributed by atoms with Crippen LogP contribution in [-0.2, 0) is 11.2 Å². The van der Waals surface area contributed by atoms with Gasteiger partial charge in [0.2, 0.25) is 0 Å². The molecule has 2 atom stereocenters. The van der Waals surface area contributed by atoms with Crippen LogP contribution in [0.4, 0.5) is 13.2 Å². The topological polar surface area (TPSA) is 49.3 Å². The quantitative estimate of drug-likeness (QED) is 0.815. The minimum absolute atomic E-state index is 0.0660. The highest BCUT2D eigenvalue weighted by Gasteiger charge is 2.40. The van der Waals surface area contributed by atoms with E-state index in [4.69, 9.17) is 11.6 Å². The summed E-state index contributed by atoms with van der Waals surface area (Å²) in [4.78, 5) is 10.9. The summed E-state index contributed by atoms with van der Waals surface area (Å²) in [6.45, 7) is 0. The molecule has 0 saturated heterocycles. The van der Waals surface area contributed by atoms with Gasteiger partial charge < -0.3 is 10.4 Å². The molecule has 0 radical (unpaired) electrons. The molecule has 0 fully saturated rings. The molecule has 1 rings (SSSR count). The molecule has 0 heterocycles. The van der Waals surface area contributed by atoms with Gasteiger partial charge >= 0.3 is 12.1 Å². The number of nitrogens with one attached hydrogen (secondary N) is 1. The number of rotatable bonds is 5. The molecule has 3 nitrogen and oxygen atoms in total. The molecule has 106 valence electrons. The van der Waals surface area contributed by atoms with Crippen LogP contribution < -0.4 is 5.32 Å². The first-order chi connectivity index (χ1) is 8.84. The summed E-state index contributed by atoms with van der Waals surface area (Å²) >= 11 is 5.43. The van der Waals surface area contributed by atoms with Gasteiger partial charge in [0, 0.05) is 0 Å². The number of hydrogen-bond donors (Lipinski definition) is 2. The fourth-order valence-electron chi connectivity index (χ4n) is 1.51. The Morgan fingerprint density at radius 2 is 1.89 bits per heavy atom. The lowest BCUT2D eigenvalue weighted by Gasteiger charge is -2.23. The molecule has 0 aliphatic rings. The first-order valence-corrected chi connectivity index (χ1v) is 6.03. The number of halogens is 4. The van der Waals surface area contributed by atoms with E-state index in [1.54, 1.807) is 35.6 Å². The van der Waals surface area contributed by atoms with Gasteiger partial charge in [-0.3, -0.25) is 4.79 Å². The van der Waals surface area contributed by atoms with Crippen molar-refractivity contribution in [2.24, 2.45) is 0 Å². The normalized spacial score (nSPS) is 14.8. The van der Waals surface area contributed by atoms with Crippen molar-refractivity contribution in [2.45, 2.75) is 24.7 Å². The van der Waals surface area contributed by atoms with Gasteiger partial charge in [-0.15, -0.1) is 11.6 Å². The Morgan fingerprint density at radius 3 is 2.37 bits per heavy atom. The summed E-state index contributed by atoms with van der Waals surface area (Å²) in [6, 6.07) is 7.47. The van der Waals surface area contributed by atoms with Gasteiger partial charge in [0.05, 0.1) is 18.0 Å². The Balaban J connectivity index is 2.76. The van der Waals surface area contributed by atoms with Crippen LogP contribution in [0.3, 0.4) is 0 Å². The minimum Gasteiger partial charge on any atom is -0.390 e. The monoisotopic (exact) mass is 295 g/mol. The average molecular weight is 296 g/mol. The Bertz CT molecular complexity index is 411. The highest BCUT2D eigenvalue weighted by atomic mass is 35.5. The lowest BCUT2D eigenvalue weighted by atomic mass is 10.0. The second-order valence-corrected chi connectivity index (χ2v) is 4.30. The van der Waals surface area contributed by atoms with Gasteiger partial charge in [-0.25, -0.2) is 0 Å². The lowest BCUT2D eigenvalue weighted by molar-refractivity contribution is -0.175. The van der Waals surface area contributed by atoms with E-state index in [-0.39, 0.29) is 12.3 Å². The molecule has 1 aromatic carbocycles. The van der Waals surface area contributed by atoms with Gasteiger partial charge in [0.25, 0.3) is 0 Å². The second kappa shape index (κ2) is 6.77. The van der Waals surface area contributed by atoms with Crippen LogP contribution in [0.25, 0.3) is 0 Å². The number of amides is 1. The number of aliphatic hydroxyl groups is 1. The molecule has 1 aromatic rings. The molecular weight excluding hydrogens is 283 g/mol. The average Bonchev–Trinajstić information content (AvgIpc) is 2.37. The zero-order valence-corrected chi connectivity index (χ0v) is 10.6. The van der Waals surface area contributed by atoms with E-state index >= 15 is 0 Å². The van der Waals surface area contributed by atoms with E-state index in [0.29, 0.717) is 5.56 Å². The molecule has 0 saturated carbocycles. The van der Waals surface area contributed by atoms with E-state index in [2.05, 4.69) is 0 Å². The van der Waals surface area contributed by atoms with Gasteiger partial charge in [-0.2, -0.15) is 13.2 Å². The lowest BCUT2D eigenvalue weighted by Crippen LogP contribution is -2.50. The van der Waals surface area contributed by atoms with Crippen LogP contribution in [-0.4, -0.2) is 35.2 Å². The first kappa shape index (κ1) is 15.8. The highest BCUT2D eigenvalue weighted by Crippen LogP contribution is 2.16. The molecular formula is C12H13ClF3NO2. The molecule has 0 spiro atoms. The molecule has 0 unspecified atom stereocenters. The van der Waals surface area contributed by atoms with Crippen LogP contribution in [0, 0.1) is 0 Å². The molecule has 2 N–H and O–H groups in total. The van der Waals surface area contributed by atoms with Crippen molar-refractivity contribution >= 4 is 17.5 Å². The predicted molar refractivity (Wildman–Crippen MR) is 64.9 cm³/mol. The molecule has 0 aliphatic carbocycles. The fourth-order valence-corrected chi connectivity index (χ4v) is 1.72. The van der Waals surface area contributed by atoms with E-state index in [0.717, 1.165) is 0 Å². The number of carbonyl (C=O) groups excluding carboxylic acids is 1. The molecule has 19 heavy (non-hydrogen) atoms. The third-order valence-electron chi connectivity index (χ3n) is 2.49. The van der Waals surface area contributed by atoms with Gasteiger partial charge in [-0.1, -0.05) is 30.3 Å². The third kappa shape index (κ3) is 5.08. The Kier molecular flexibility index (Phi) is 5.62. The summed E-state index contributed by atoms with van der Waals surface area (Å²) in [6.07, 6.45) is -6.18. The zero-order valence-electron chi connectivity index (χ0n) is 9.82. The van der Waals surface area contributed by atoms with Crippen molar-refractivity contribution in [1.82, 2.24) is 5.32 Å². The van der Waals surface area contributed by atoms with Crippen LogP contribution >= 0.6 is 11.6 Å². The summed E-state index contributed by atoms with van der Waals surface area (Å²) in [5.74, 6) is -2.35. The Morgan fingerprint density at radius 1 is 1.32 bits per heavy atom. The van der Waals surface area contributed by atoms with E-state index in [1.165, 1.54) is 0 Å². The molecule has 0 aliphatic heterocycles. The van der Waals surface area contributed by atoms with Crippen LogP contribution in [0.1, 0.15) is 5.56 Å². The summed E-state index contributed by atoms with van der Waals surface area (Å²) < 4.78 is 36.6. The maximum Gasteiger partial charge on any atom is 0.471 e. The van der Waals surface area contributed by atoms with Gasteiger partial charge in [0.1, 0.15) is 0 Å². The maximum atomic E-state index is 12.2. The van der Waals surface area contributed by atoms with Crippen molar-refractivity contribution in [3.05, 3.63) is 35.9 Å². The molecule has 7 heteroatoms. The standard InChI is InChI=1S/C12H13ClF3NO2/c13-7-10(18)9(17-11(19)12(14,15)16)6-8-4-2-1-3-5-8/h1-5,9-10,18H,6-7H2,(H,17,19)/t9-,10-/m0/s1. The summed E-state index contributed by atoms with van der Waals surface area (Å²) in [7, 11) is 0. The third-order valence-corrected chi connectivity index (χ3v) is 2.81. The summed E-state index contributed by atoms with van der Waals surface area (Å²) in [5.41, 5.74) is 0.694. The molecule has 0 aromatic heterocycles. The second-order valence-electron chi connectivity index (χ2n) is 3.99. The molecule has 1 amide bonds. The van der Waals surface area contributed by atoms with E-state index in [1.807, 2.05) is 0 Å². The Labute approximate surface area is 113 Å². The van der Waals surface area contributed by atoms with E-state index < -0.39 is 24.2 Å². The van der Waals surface area contributed by atoms with Crippen molar-refractivity contribution in [3.8, 4) is 0 Å². The smallest absolute Gasteiger partial charge is 0.390 e. The number of hydrogen-bond acceptors (Lipinski definition) is 2. The van der Waals surface area contributed by atoms with Crippen LogP contribution in [0.15, 0.2) is 30.3 Å². The number of aliphatic hydroxyl groups excluding tert-OH is 1. The fraction of sp³-hybridized carbons (Fsp3) is 0.417. The van der Waals surface area contributed by atoms with Crippen LogP contribution in [0.5, 0.6) is 0 Å². The number of alkyl halides is 4. The van der Waals surface area contributed by atoms with Crippen molar-refractivity contribution < 1.29 is 23.1 Å². The number of carbonyl (C=O) groups is 1.